The SMILES string of the molecule is CCCNc1cccc(NC(C)C(=O)N2CCCC2)n1. The van der Waals surface area contributed by atoms with Gasteiger partial charge in [0.1, 0.15) is 17.7 Å². The Bertz CT molecular complexity index is 443. The molecule has 20 heavy (non-hydrogen) atoms. The molecule has 1 unspecified atom stereocenters. The second kappa shape index (κ2) is 7.12. The summed E-state index contributed by atoms with van der Waals surface area (Å²) >= 11 is 0. The van der Waals surface area contributed by atoms with Crippen molar-refractivity contribution in [1.82, 2.24) is 9.88 Å². The number of likely N-dealkylation sites (tertiary alicyclic amines) is 1. The van der Waals surface area contributed by atoms with Crippen molar-refractivity contribution in [3.8, 4) is 0 Å². The van der Waals surface area contributed by atoms with E-state index in [1.165, 1.54) is 0 Å². The van der Waals surface area contributed by atoms with Crippen LogP contribution in [0.25, 0.3) is 0 Å². The molecule has 2 N–H and O–H groups in total. The largest absolute Gasteiger partial charge is 0.370 e. The molecule has 1 aromatic heterocycles. The Labute approximate surface area is 120 Å². The first kappa shape index (κ1) is 14.6. The van der Waals surface area contributed by atoms with Crippen molar-refractivity contribution in [3.05, 3.63) is 18.2 Å². The van der Waals surface area contributed by atoms with Gasteiger partial charge in [0.15, 0.2) is 0 Å². The van der Waals surface area contributed by atoms with Crippen molar-refractivity contribution in [3.63, 3.8) is 0 Å². The van der Waals surface area contributed by atoms with Crippen LogP contribution in [0.15, 0.2) is 18.2 Å². The molecule has 0 radical (unpaired) electrons. The fraction of sp³-hybridized carbons (Fsp3) is 0.600. The van der Waals surface area contributed by atoms with E-state index < -0.39 is 0 Å². The molecule has 1 saturated heterocycles. The van der Waals surface area contributed by atoms with Gasteiger partial charge in [0.25, 0.3) is 0 Å². The zero-order chi connectivity index (χ0) is 14.4. The number of nitrogens with one attached hydrogen (secondary N) is 2. The summed E-state index contributed by atoms with van der Waals surface area (Å²) in [5.41, 5.74) is 0. The molecule has 1 fully saturated rings. The predicted octanol–water partition coefficient (Wildman–Crippen LogP) is 2.33. The van der Waals surface area contributed by atoms with Crippen LogP contribution in [0.3, 0.4) is 0 Å². The second-order valence-electron chi connectivity index (χ2n) is 5.23. The molecule has 1 atom stereocenters. The summed E-state index contributed by atoms with van der Waals surface area (Å²) < 4.78 is 0. The Morgan fingerprint density at radius 2 is 2.05 bits per heavy atom. The summed E-state index contributed by atoms with van der Waals surface area (Å²) in [4.78, 5) is 18.6. The zero-order valence-electron chi connectivity index (χ0n) is 12.4. The molecule has 5 heteroatoms. The topological polar surface area (TPSA) is 57.3 Å². The van der Waals surface area contributed by atoms with Gasteiger partial charge >= 0.3 is 0 Å². The van der Waals surface area contributed by atoms with E-state index in [9.17, 15) is 4.79 Å². The minimum Gasteiger partial charge on any atom is -0.370 e. The Morgan fingerprint density at radius 3 is 2.75 bits per heavy atom. The minimum atomic E-state index is -0.234. The minimum absolute atomic E-state index is 0.163. The quantitative estimate of drug-likeness (QED) is 0.837. The third kappa shape index (κ3) is 3.85. The van der Waals surface area contributed by atoms with Crippen LogP contribution >= 0.6 is 0 Å². The number of aromatic nitrogens is 1. The molecular formula is C15H24N4O. The van der Waals surface area contributed by atoms with Crippen LogP contribution in [0.5, 0.6) is 0 Å². The smallest absolute Gasteiger partial charge is 0.244 e. The molecule has 2 rings (SSSR count). The van der Waals surface area contributed by atoms with E-state index >= 15 is 0 Å². The molecule has 0 aromatic carbocycles. The van der Waals surface area contributed by atoms with Gasteiger partial charge in [0.2, 0.25) is 5.91 Å². The summed E-state index contributed by atoms with van der Waals surface area (Å²) in [6, 6.07) is 5.54. The van der Waals surface area contributed by atoms with Crippen LogP contribution in [-0.4, -0.2) is 41.5 Å². The Morgan fingerprint density at radius 1 is 1.35 bits per heavy atom. The fourth-order valence-corrected chi connectivity index (χ4v) is 2.36. The standard InChI is InChI=1S/C15H24N4O/c1-3-9-16-13-7-6-8-14(18-13)17-12(2)15(20)19-10-4-5-11-19/h6-8,12H,3-5,9-11H2,1-2H3,(H2,16,17,18). The molecule has 2 heterocycles. The maximum Gasteiger partial charge on any atom is 0.244 e. The summed E-state index contributed by atoms with van der Waals surface area (Å²) in [5.74, 6) is 1.75. The van der Waals surface area contributed by atoms with Crippen LogP contribution in [0.2, 0.25) is 0 Å². The summed E-state index contributed by atoms with van der Waals surface area (Å²) in [7, 11) is 0. The third-order valence-electron chi connectivity index (χ3n) is 3.46. The number of hydrogen-bond donors (Lipinski definition) is 2. The van der Waals surface area contributed by atoms with Crippen LogP contribution in [0.4, 0.5) is 11.6 Å². The van der Waals surface area contributed by atoms with Crippen LogP contribution in [0, 0.1) is 0 Å². The van der Waals surface area contributed by atoms with Crippen LogP contribution in [0.1, 0.15) is 33.1 Å². The molecule has 1 aliphatic rings. The van der Waals surface area contributed by atoms with E-state index in [1.54, 1.807) is 0 Å². The number of anilines is 2. The highest BCUT2D eigenvalue weighted by Crippen LogP contribution is 2.13. The summed E-state index contributed by atoms with van der Waals surface area (Å²) in [6.07, 6.45) is 3.30. The lowest BCUT2D eigenvalue weighted by Gasteiger charge is -2.21. The average Bonchev–Trinajstić information content (AvgIpc) is 2.98. The molecule has 1 aromatic rings. The molecule has 0 spiro atoms. The van der Waals surface area contributed by atoms with Gasteiger partial charge in [-0.3, -0.25) is 4.79 Å². The van der Waals surface area contributed by atoms with E-state index in [-0.39, 0.29) is 11.9 Å². The van der Waals surface area contributed by atoms with Gasteiger partial charge in [-0.05, 0) is 38.3 Å². The van der Waals surface area contributed by atoms with Crippen molar-refractivity contribution >= 4 is 17.5 Å². The number of pyridine rings is 1. The Hall–Kier alpha value is -1.78. The highest BCUT2D eigenvalue weighted by Gasteiger charge is 2.23. The summed E-state index contributed by atoms with van der Waals surface area (Å²) in [5, 5.41) is 6.44. The highest BCUT2D eigenvalue weighted by molar-refractivity contribution is 5.84. The van der Waals surface area contributed by atoms with E-state index in [0.29, 0.717) is 0 Å². The lowest BCUT2D eigenvalue weighted by Crippen LogP contribution is -2.39. The third-order valence-corrected chi connectivity index (χ3v) is 3.46. The molecular weight excluding hydrogens is 252 g/mol. The van der Waals surface area contributed by atoms with Crippen LogP contribution in [-0.2, 0) is 4.79 Å². The number of nitrogens with zero attached hydrogens (tertiary/aromatic N) is 2. The van der Waals surface area contributed by atoms with Crippen molar-refractivity contribution in [2.45, 2.75) is 39.2 Å². The summed E-state index contributed by atoms with van der Waals surface area (Å²) in [6.45, 7) is 6.69. The molecule has 0 saturated carbocycles. The van der Waals surface area contributed by atoms with Crippen molar-refractivity contribution < 1.29 is 4.79 Å². The lowest BCUT2D eigenvalue weighted by atomic mass is 10.3. The van der Waals surface area contributed by atoms with E-state index in [4.69, 9.17) is 0 Å². The highest BCUT2D eigenvalue weighted by atomic mass is 16.2. The second-order valence-corrected chi connectivity index (χ2v) is 5.23. The first-order valence-corrected chi connectivity index (χ1v) is 7.47. The van der Waals surface area contributed by atoms with Crippen molar-refractivity contribution in [1.29, 1.82) is 0 Å². The number of rotatable bonds is 6. The number of carbonyl (C=O) groups excluding carboxylic acids is 1. The fourth-order valence-electron chi connectivity index (χ4n) is 2.36. The Kier molecular flexibility index (Phi) is 5.21. The number of hydrogen-bond acceptors (Lipinski definition) is 4. The normalized spacial score (nSPS) is 16.0. The van der Waals surface area contributed by atoms with E-state index in [0.717, 1.165) is 50.5 Å². The van der Waals surface area contributed by atoms with Gasteiger partial charge in [0.05, 0.1) is 0 Å². The predicted molar refractivity (Wildman–Crippen MR) is 81.9 cm³/mol. The maximum atomic E-state index is 12.2. The monoisotopic (exact) mass is 276 g/mol. The van der Waals surface area contributed by atoms with Crippen molar-refractivity contribution in [2.24, 2.45) is 0 Å². The van der Waals surface area contributed by atoms with E-state index in [2.05, 4.69) is 22.5 Å². The van der Waals surface area contributed by atoms with E-state index in [1.807, 2.05) is 30.0 Å². The molecule has 110 valence electrons. The number of amides is 1. The van der Waals surface area contributed by atoms with Gasteiger partial charge in [-0.2, -0.15) is 0 Å². The zero-order valence-corrected chi connectivity index (χ0v) is 12.4. The maximum absolute atomic E-state index is 12.2. The average molecular weight is 276 g/mol. The number of carbonyl (C=O) groups is 1. The molecule has 0 aliphatic carbocycles. The van der Waals surface area contributed by atoms with Gasteiger partial charge in [-0.25, -0.2) is 4.98 Å². The van der Waals surface area contributed by atoms with Crippen molar-refractivity contribution in [2.75, 3.05) is 30.3 Å². The molecule has 5 nitrogen and oxygen atoms in total. The van der Waals surface area contributed by atoms with Crippen LogP contribution < -0.4 is 10.6 Å². The van der Waals surface area contributed by atoms with Gasteiger partial charge in [0, 0.05) is 19.6 Å². The molecule has 1 amide bonds. The molecule has 0 bridgehead atoms. The van der Waals surface area contributed by atoms with Gasteiger partial charge in [-0.15, -0.1) is 0 Å². The van der Waals surface area contributed by atoms with Gasteiger partial charge in [-0.1, -0.05) is 13.0 Å². The lowest BCUT2D eigenvalue weighted by molar-refractivity contribution is -0.130. The first-order valence-electron chi connectivity index (χ1n) is 7.47. The van der Waals surface area contributed by atoms with Gasteiger partial charge < -0.3 is 15.5 Å². The Balaban J connectivity index is 1.92. The molecule has 1 aliphatic heterocycles. The first-order chi connectivity index (χ1) is 9.70.